The molecule has 0 aliphatic rings. The molecule has 2 heteroatoms. The molecule has 1 rings (SSSR count). The first-order valence-electron chi connectivity index (χ1n) is 1.83. The number of aromatic nitrogens is 1. The molecule has 0 atom stereocenters. The van der Waals surface area contributed by atoms with Crippen molar-refractivity contribution in [1.29, 1.82) is 0 Å². The van der Waals surface area contributed by atoms with Crippen molar-refractivity contribution >= 4 is 0 Å². The van der Waals surface area contributed by atoms with Gasteiger partial charge in [-0.15, -0.1) is 0 Å². The quantitative estimate of drug-likeness (QED) is 0.503. The van der Waals surface area contributed by atoms with Crippen LogP contribution in [0.2, 0.25) is 0 Å². The molecule has 0 spiro atoms. The Kier molecular flexibility index (Phi) is 0.941. The van der Waals surface area contributed by atoms with E-state index in [-0.39, 0.29) is 5.75 Å². The summed E-state index contributed by atoms with van der Waals surface area (Å²) in [6.07, 6.45) is 3.79. The summed E-state index contributed by atoms with van der Waals surface area (Å²) in [5, 5.41) is 8.51. The van der Waals surface area contributed by atoms with Crippen LogP contribution >= 0.6 is 0 Å². The second-order valence-electron chi connectivity index (χ2n) is 1.07. The number of rotatable bonds is 0. The molecular formula is C5H3NO. The van der Waals surface area contributed by atoms with Crippen molar-refractivity contribution in [1.82, 2.24) is 4.98 Å². The van der Waals surface area contributed by atoms with E-state index < -0.39 is 0 Å². The molecule has 0 fully saturated rings. The molecule has 0 amide bonds. The molecule has 0 aromatic carbocycles. The van der Waals surface area contributed by atoms with E-state index in [0.29, 0.717) is 0 Å². The van der Waals surface area contributed by atoms with Crippen LogP contribution in [0.1, 0.15) is 0 Å². The molecule has 1 aromatic heterocycles. The lowest BCUT2D eigenvalue weighted by molar-refractivity contribution is 0.473. The first-order valence-corrected chi connectivity index (χ1v) is 1.83. The van der Waals surface area contributed by atoms with Crippen LogP contribution in [0.5, 0.6) is 5.75 Å². The van der Waals surface area contributed by atoms with Gasteiger partial charge >= 0.3 is 0 Å². The van der Waals surface area contributed by atoms with Gasteiger partial charge in [0.1, 0.15) is 11.9 Å². The Morgan fingerprint density at radius 2 is 2.57 bits per heavy atom. The molecule has 7 heavy (non-hydrogen) atoms. The van der Waals surface area contributed by atoms with Gasteiger partial charge in [0, 0.05) is 6.20 Å². The Hall–Kier alpha value is -1.05. The van der Waals surface area contributed by atoms with Crippen molar-refractivity contribution in [2.75, 3.05) is 0 Å². The molecule has 0 saturated carbocycles. The zero-order valence-electron chi connectivity index (χ0n) is 3.55. The second kappa shape index (κ2) is 1.60. The molecule has 0 bridgehead atoms. The van der Waals surface area contributed by atoms with Crippen molar-refractivity contribution in [3.05, 3.63) is 24.5 Å². The van der Waals surface area contributed by atoms with E-state index in [4.69, 9.17) is 5.11 Å². The Bertz CT molecular complexity index is 138. The SMILES string of the molecule is Oc1[c][c]ncc1. The number of pyridine rings is 1. The maximum absolute atomic E-state index is 8.51. The van der Waals surface area contributed by atoms with Gasteiger partial charge in [-0.1, -0.05) is 0 Å². The van der Waals surface area contributed by atoms with Crippen LogP contribution in [-0.2, 0) is 0 Å². The molecule has 2 nitrogen and oxygen atoms in total. The molecule has 2 radical (unpaired) electrons. The molecule has 0 unspecified atom stereocenters. The summed E-state index contributed by atoms with van der Waals surface area (Å²) in [6.45, 7) is 0. The number of aromatic hydroxyl groups is 1. The van der Waals surface area contributed by atoms with Crippen LogP contribution in [0.3, 0.4) is 0 Å². The highest BCUT2D eigenvalue weighted by molar-refractivity contribution is 5.11. The smallest absolute Gasteiger partial charge is 0.127 e. The topological polar surface area (TPSA) is 33.1 Å². The molecule has 1 heterocycles. The van der Waals surface area contributed by atoms with E-state index in [0.717, 1.165) is 0 Å². The molecular weight excluding hydrogens is 90.1 g/mol. The largest absolute Gasteiger partial charge is 0.507 e. The normalized spacial score (nSPS) is 8.57. The van der Waals surface area contributed by atoms with E-state index in [1.807, 2.05) is 0 Å². The van der Waals surface area contributed by atoms with Crippen molar-refractivity contribution in [3.63, 3.8) is 0 Å². The number of hydrogen-bond acceptors (Lipinski definition) is 2. The van der Waals surface area contributed by atoms with Crippen molar-refractivity contribution in [2.45, 2.75) is 0 Å². The van der Waals surface area contributed by atoms with Gasteiger partial charge in [0.15, 0.2) is 0 Å². The predicted molar refractivity (Wildman–Crippen MR) is 23.6 cm³/mol. The van der Waals surface area contributed by atoms with Crippen LogP contribution < -0.4 is 0 Å². The Morgan fingerprint density at radius 3 is 2.86 bits per heavy atom. The average molecular weight is 93.1 g/mol. The summed E-state index contributed by atoms with van der Waals surface area (Å²) in [7, 11) is 0. The highest BCUT2D eigenvalue weighted by Crippen LogP contribution is 1.98. The van der Waals surface area contributed by atoms with Crippen molar-refractivity contribution < 1.29 is 5.11 Å². The first-order chi connectivity index (χ1) is 3.39. The monoisotopic (exact) mass is 93.0 g/mol. The van der Waals surface area contributed by atoms with Gasteiger partial charge < -0.3 is 5.11 Å². The van der Waals surface area contributed by atoms with Crippen molar-refractivity contribution in [3.8, 4) is 5.75 Å². The van der Waals surface area contributed by atoms with Gasteiger partial charge in [0.2, 0.25) is 0 Å². The molecule has 0 saturated heterocycles. The third-order valence-corrected chi connectivity index (χ3v) is 0.555. The summed E-state index contributed by atoms with van der Waals surface area (Å²) in [4.78, 5) is 3.50. The minimum Gasteiger partial charge on any atom is -0.507 e. The zero-order valence-corrected chi connectivity index (χ0v) is 3.55. The lowest BCUT2D eigenvalue weighted by atomic mass is 10.5. The van der Waals surface area contributed by atoms with Crippen LogP contribution in [0, 0.1) is 12.3 Å². The van der Waals surface area contributed by atoms with Crippen LogP contribution in [-0.4, -0.2) is 10.1 Å². The Morgan fingerprint density at radius 1 is 1.71 bits per heavy atom. The van der Waals surface area contributed by atoms with Crippen molar-refractivity contribution in [2.24, 2.45) is 0 Å². The molecule has 1 aromatic rings. The predicted octanol–water partition coefficient (Wildman–Crippen LogP) is 0.388. The molecule has 0 aliphatic carbocycles. The third-order valence-electron chi connectivity index (χ3n) is 0.555. The van der Waals surface area contributed by atoms with Crippen LogP contribution in [0.25, 0.3) is 0 Å². The minimum atomic E-state index is 0.0787. The second-order valence-corrected chi connectivity index (χ2v) is 1.07. The van der Waals surface area contributed by atoms with E-state index in [1.165, 1.54) is 12.3 Å². The summed E-state index contributed by atoms with van der Waals surface area (Å²) in [5.74, 6) is 0.0787. The van der Waals surface area contributed by atoms with E-state index in [9.17, 15) is 0 Å². The fraction of sp³-hybridized carbons (Fsp3) is 0. The standard InChI is InChI=1S/C5H3NO/c7-5-1-3-6-4-2-5/h1,3H,(H,6,7). The lowest BCUT2D eigenvalue weighted by Crippen LogP contribution is -1.65. The Labute approximate surface area is 41.4 Å². The summed E-state index contributed by atoms with van der Waals surface area (Å²) < 4.78 is 0. The van der Waals surface area contributed by atoms with E-state index >= 15 is 0 Å². The van der Waals surface area contributed by atoms with Gasteiger partial charge in [-0.25, -0.2) is 0 Å². The van der Waals surface area contributed by atoms with Gasteiger partial charge in [0.05, 0.1) is 6.07 Å². The van der Waals surface area contributed by atoms with Gasteiger partial charge in [-0.05, 0) is 6.07 Å². The van der Waals surface area contributed by atoms with E-state index in [1.54, 1.807) is 0 Å². The lowest BCUT2D eigenvalue weighted by Gasteiger charge is -1.80. The first kappa shape index (κ1) is 4.12. The maximum atomic E-state index is 8.51. The van der Waals surface area contributed by atoms with Gasteiger partial charge in [-0.3, -0.25) is 4.98 Å². The fourth-order valence-corrected chi connectivity index (χ4v) is 0.276. The fourth-order valence-electron chi connectivity index (χ4n) is 0.276. The molecule has 34 valence electrons. The highest BCUT2D eigenvalue weighted by atomic mass is 16.3. The summed E-state index contributed by atoms with van der Waals surface area (Å²) >= 11 is 0. The summed E-state index contributed by atoms with van der Waals surface area (Å²) in [5.41, 5.74) is 0. The third kappa shape index (κ3) is 0.892. The van der Waals surface area contributed by atoms with E-state index in [2.05, 4.69) is 17.2 Å². The highest BCUT2D eigenvalue weighted by Gasteiger charge is 1.78. The average Bonchev–Trinajstić information content (AvgIpc) is 1.69. The van der Waals surface area contributed by atoms with Gasteiger partial charge in [-0.2, -0.15) is 0 Å². The summed E-state index contributed by atoms with van der Waals surface area (Å²) in [6, 6.07) is 3.79. The molecule has 1 N–H and O–H groups in total. The van der Waals surface area contributed by atoms with Crippen LogP contribution in [0.4, 0.5) is 0 Å². The van der Waals surface area contributed by atoms with Crippen LogP contribution in [0.15, 0.2) is 12.3 Å². The number of nitrogens with zero attached hydrogens (tertiary/aromatic N) is 1. The van der Waals surface area contributed by atoms with Gasteiger partial charge in [0.25, 0.3) is 0 Å². The minimum absolute atomic E-state index is 0.0787. The maximum Gasteiger partial charge on any atom is 0.127 e. The Balaban J connectivity index is 3.02. The molecule has 0 aliphatic heterocycles. The number of hydrogen-bond donors (Lipinski definition) is 1. The zero-order chi connectivity index (χ0) is 5.11.